The molecule has 0 saturated carbocycles. The summed E-state index contributed by atoms with van der Waals surface area (Å²) in [5.41, 5.74) is 2.19. The molecule has 90 valence electrons. The third-order valence-electron chi connectivity index (χ3n) is 2.71. The van der Waals surface area contributed by atoms with Crippen molar-refractivity contribution in [1.29, 1.82) is 0 Å². The Morgan fingerprint density at radius 2 is 2.00 bits per heavy atom. The van der Waals surface area contributed by atoms with Gasteiger partial charge in [-0.3, -0.25) is 4.40 Å². The molecular weight excluding hydrogens is 250 g/mol. The molecule has 2 heterocycles. The van der Waals surface area contributed by atoms with Crippen molar-refractivity contribution in [3.8, 4) is 11.4 Å². The number of carbonyl (C=O) groups is 1. The van der Waals surface area contributed by atoms with Crippen molar-refractivity contribution >= 4 is 22.3 Å². The third-order valence-corrected chi connectivity index (χ3v) is 3.65. The van der Waals surface area contributed by atoms with Crippen LogP contribution in [0.2, 0.25) is 0 Å². The lowest BCUT2D eigenvalue weighted by atomic mass is 10.1. The van der Waals surface area contributed by atoms with E-state index in [1.807, 2.05) is 16.7 Å². The highest BCUT2D eigenvalue weighted by Crippen LogP contribution is 2.23. The van der Waals surface area contributed by atoms with Gasteiger partial charge in [0, 0.05) is 16.6 Å². The molecule has 0 aliphatic rings. The normalized spacial score (nSPS) is 10.9. The van der Waals surface area contributed by atoms with Crippen LogP contribution in [0.15, 0.2) is 29.6 Å². The van der Waals surface area contributed by atoms with Crippen molar-refractivity contribution in [2.75, 3.05) is 0 Å². The number of nitrogens with zero attached hydrogens (tertiary/aromatic N) is 3. The minimum atomic E-state index is -0.931. The van der Waals surface area contributed by atoms with Gasteiger partial charge in [0.05, 0.1) is 5.56 Å². The summed E-state index contributed by atoms with van der Waals surface area (Å²) in [6.45, 7) is 1.99. The zero-order chi connectivity index (χ0) is 12.7. The lowest BCUT2D eigenvalue weighted by molar-refractivity contribution is 0.0697. The smallest absolute Gasteiger partial charge is 0.335 e. The summed E-state index contributed by atoms with van der Waals surface area (Å²) in [5.74, 6) is -0.194. The molecule has 1 N–H and O–H groups in total. The first kappa shape index (κ1) is 10.9. The topological polar surface area (TPSA) is 67.5 Å². The van der Waals surface area contributed by atoms with E-state index in [-0.39, 0.29) is 5.56 Å². The van der Waals surface area contributed by atoms with E-state index in [9.17, 15) is 4.79 Å². The van der Waals surface area contributed by atoms with Crippen LogP contribution in [0.5, 0.6) is 0 Å². The van der Waals surface area contributed by atoms with E-state index in [4.69, 9.17) is 5.11 Å². The number of rotatable bonds is 2. The van der Waals surface area contributed by atoms with Gasteiger partial charge in [0.25, 0.3) is 0 Å². The molecule has 0 spiro atoms. The zero-order valence-corrected chi connectivity index (χ0v) is 10.3. The molecule has 0 fully saturated rings. The Balaban J connectivity index is 2.14. The molecule has 5 nitrogen and oxygen atoms in total. The molecule has 0 saturated heterocycles. The van der Waals surface area contributed by atoms with Gasteiger partial charge in [-0.25, -0.2) is 4.79 Å². The average molecular weight is 259 g/mol. The summed E-state index contributed by atoms with van der Waals surface area (Å²) < 4.78 is 1.96. The van der Waals surface area contributed by atoms with Crippen LogP contribution in [-0.2, 0) is 0 Å². The summed E-state index contributed by atoms with van der Waals surface area (Å²) in [7, 11) is 0. The molecule has 3 aromatic rings. The van der Waals surface area contributed by atoms with Gasteiger partial charge in [0.2, 0.25) is 4.96 Å². The number of aromatic nitrogens is 3. The van der Waals surface area contributed by atoms with Crippen LogP contribution in [0.1, 0.15) is 16.1 Å². The third kappa shape index (κ3) is 1.58. The Morgan fingerprint density at radius 1 is 1.28 bits per heavy atom. The van der Waals surface area contributed by atoms with E-state index >= 15 is 0 Å². The molecule has 0 radical (unpaired) electrons. The number of benzene rings is 1. The molecule has 0 atom stereocenters. The summed E-state index contributed by atoms with van der Waals surface area (Å²) in [5, 5.41) is 19.1. The van der Waals surface area contributed by atoms with E-state index < -0.39 is 5.97 Å². The van der Waals surface area contributed by atoms with E-state index in [1.165, 1.54) is 11.3 Å². The number of aryl methyl sites for hydroxylation is 1. The van der Waals surface area contributed by atoms with Gasteiger partial charge >= 0.3 is 5.97 Å². The molecule has 0 aliphatic carbocycles. The average Bonchev–Trinajstić information content (AvgIpc) is 2.93. The quantitative estimate of drug-likeness (QED) is 0.767. The predicted molar refractivity (Wildman–Crippen MR) is 68.0 cm³/mol. The summed E-state index contributed by atoms with van der Waals surface area (Å²) in [4.78, 5) is 11.6. The number of hydrogen-bond acceptors (Lipinski definition) is 4. The van der Waals surface area contributed by atoms with Gasteiger partial charge in [-0.2, -0.15) is 0 Å². The second kappa shape index (κ2) is 3.92. The minimum absolute atomic E-state index is 0.265. The van der Waals surface area contributed by atoms with Crippen molar-refractivity contribution in [2.24, 2.45) is 0 Å². The SMILES string of the molecule is Cc1csc2nnc(-c3ccc(C(=O)O)cc3)n12. The van der Waals surface area contributed by atoms with Crippen molar-refractivity contribution in [3.63, 3.8) is 0 Å². The van der Waals surface area contributed by atoms with Gasteiger partial charge in [0.1, 0.15) is 0 Å². The van der Waals surface area contributed by atoms with Crippen molar-refractivity contribution in [3.05, 3.63) is 40.9 Å². The maximum atomic E-state index is 10.8. The maximum absolute atomic E-state index is 10.8. The van der Waals surface area contributed by atoms with Crippen molar-refractivity contribution in [2.45, 2.75) is 6.92 Å². The van der Waals surface area contributed by atoms with Crippen molar-refractivity contribution in [1.82, 2.24) is 14.6 Å². The van der Waals surface area contributed by atoms with E-state index in [2.05, 4.69) is 10.2 Å². The molecule has 0 bridgehead atoms. The first-order chi connectivity index (χ1) is 8.66. The van der Waals surface area contributed by atoms with Crippen LogP contribution in [0.4, 0.5) is 0 Å². The summed E-state index contributed by atoms with van der Waals surface area (Å²) in [6, 6.07) is 6.63. The van der Waals surface area contributed by atoms with Gasteiger partial charge in [-0.05, 0) is 19.1 Å². The number of hydrogen-bond donors (Lipinski definition) is 1. The Kier molecular flexibility index (Phi) is 2.38. The summed E-state index contributed by atoms with van der Waals surface area (Å²) >= 11 is 1.53. The van der Waals surface area contributed by atoms with E-state index in [1.54, 1.807) is 24.3 Å². The maximum Gasteiger partial charge on any atom is 0.335 e. The molecule has 18 heavy (non-hydrogen) atoms. The number of thiazole rings is 1. The number of carboxylic acid groups (broad SMARTS) is 1. The van der Waals surface area contributed by atoms with E-state index in [0.29, 0.717) is 0 Å². The van der Waals surface area contributed by atoms with Crippen LogP contribution in [0.3, 0.4) is 0 Å². The largest absolute Gasteiger partial charge is 0.478 e. The van der Waals surface area contributed by atoms with E-state index in [0.717, 1.165) is 22.0 Å². The van der Waals surface area contributed by atoms with Gasteiger partial charge < -0.3 is 5.11 Å². The van der Waals surface area contributed by atoms with Gasteiger partial charge in [-0.1, -0.05) is 12.1 Å². The van der Waals surface area contributed by atoms with Crippen molar-refractivity contribution < 1.29 is 9.90 Å². The van der Waals surface area contributed by atoms with Crippen LogP contribution < -0.4 is 0 Å². The Bertz CT molecular complexity index is 727. The Morgan fingerprint density at radius 3 is 2.67 bits per heavy atom. The Hall–Kier alpha value is -2.21. The van der Waals surface area contributed by atoms with Crippen LogP contribution in [0, 0.1) is 6.92 Å². The molecule has 1 aromatic carbocycles. The predicted octanol–water partition coefficient (Wildman–Crippen LogP) is 2.46. The highest BCUT2D eigenvalue weighted by Gasteiger charge is 2.12. The highest BCUT2D eigenvalue weighted by molar-refractivity contribution is 7.15. The lowest BCUT2D eigenvalue weighted by Gasteiger charge is -2.00. The number of aromatic carboxylic acids is 1. The molecule has 0 amide bonds. The first-order valence-electron chi connectivity index (χ1n) is 5.30. The monoisotopic (exact) mass is 259 g/mol. The molecule has 3 rings (SSSR count). The fourth-order valence-corrected chi connectivity index (χ4v) is 2.61. The highest BCUT2D eigenvalue weighted by atomic mass is 32.1. The lowest BCUT2D eigenvalue weighted by Crippen LogP contribution is -1.96. The second-order valence-electron chi connectivity index (χ2n) is 3.90. The zero-order valence-electron chi connectivity index (χ0n) is 9.49. The first-order valence-corrected chi connectivity index (χ1v) is 6.18. The minimum Gasteiger partial charge on any atom is -0.478 e. The number of fused-ring (bicyclic) bond motifs is 1. The fourth-order valence-electron chi connectivity index (χ4n) is 1.80. The molecule has 0 unspecified atom stereocenters. The molecular formula is C12H9N3O2S. The van der Waals surface area contributed by atoms with Crippen LogP contribution >= 0.6 is 11.3 Å². The summed E-state index contributed by atoms with van der Waals surface area (Å²) in [6.07, 6.45) is 0. The second-order valence-corrected chi connectivity index (χ2v) is 4.74. The molecule has 0 aliphatic heterocycles. The van der Waals surface area contributed by atoms with Crippen LogP contribution in [-0.4, -0.2) is 25.7 Å². The molecule has 2 aromatic heterocycles. The standard InChI is InChI=1S/C12H9N3O2S/c1-7-6-18-12-14-13-10(15(7)12)8-2-4-9(5-3-8)11(16)17/h2-6H,1H3,(H,16,17). The molecule has 6 heteroatoms. The number of carboxylic acids is 1. The van der Waals surface area contributed by atoms with Gasteiger partial charge in [-0.15, -0.1) is 21.5 Å². The van der Waals surface area contributed by atoms with Crippen LogP contribution in [0.25, 0.3) is 16.3 Å². The van der Waals surface area contributed by atoms with Gasteiger partial charge in [0.15, 0.2) is 5.82 Å². The Labute approximate surface area is 106 Å². The fraction of sp³-hybridized carbons (Fsp3) is 0.0833.